The van der Waals surface area contributed by atoms with E-state index >= 15 is 0 Å². The number of thioether (sulfide) groups is 1. The predicted molar refractivity (Wildman–Crippen MR) is 87.2 cm³/mol. The highest BCUT2D eigenvalue weighted by atomic mass is 32.2. The molecule has 1 heterocycles. The van der Waals surface area contributed by atoms with Crippen LogP contribution in [0.2, 0.25) is 0 Å². The van der Waals surface area contributed by atoms with Gasteiger partial charge in [-0.15, -0.1) is 0 Å². The number of amides is 1. The van der Waals surface area contributed by atoms with Crippen LogP contribution < -0.4 is 5.32 Å². The number of piperidine rings is 1. The maximum atomic E-state index is 12.6. The SMILES string of the molecule is CCCNC1CCCN(CC2(SC)CCCCC2)C1=O. The zero-order chi connectivity index (χ0) is 14.4. The van der Waals surface area contributed by atoms with Gasteiger partial charge in [-0.05, 0) is 44.9 Å². The Bertz CT molecular complexity index is 316. The first-order chi connectivity index (χ1) is 9.71. The van der Waals surface area contributed by atoms with Crippen LogP contribution in [0.5, 0.6) is 0 Å². The van der Waals surface area contributed by atoms with Gasteiger partial charge < -0.3 is 10.2 Å². The van der Waals surface area contributed by atoms with Gasteiger partial charge in [-0.2, -0.15) is 11.8 Å². The molecule has 0 aromatic heterocycles. The molecule has 1 N–H and O–H groups in total. The lowest BCUT2D eigenvalue weighted by Gasteiger charge is -2.42. The van der Waals surface area contributed by atoms with Gasteiger partial charge in [-0.1, -0.05) is 26.2 Å². The first kappa shape index (κ1) is 16.2. The first-order valence-corrected chi connectivity index (χ1v) is 9.50. The molecule has 2 aliphatic rings. The molecule has 4 heteroatoms. The second-order valence-corrected chi connectivity index (χ2v) is 7.63. The van der Waals surface area contributed by atoms with Crippen LogP contribution in [-0.4, -0.2) is 47.5 Å². The Morgan fingerprint density at radius 3 is 2.70 bits per heavy atom. The van der Waals surface area contributed by atoms with Gasteiger partial charge in [0, 0.05) is 17.8 Å². The van der Waals surface area contributed by atoms with Crippen LogP contribution in [0, 0.1) is 0 Å². The normalized spacial score (nSPS) is 26.8. The highest BCUT2D eigenvalue weighted by Gasteiger charge is 2.37. The minimum absolute atomic E-state index is 0.0752. The van der Waals surface area contributed by atoms with Gasteiger partial charge in [-0.25, -0.2) is 0 Å². The number of hydrogen-bond acceptors (Lipinski definition) is 3. The summed E-state index contributed by atoms with van der Waals surface area (Å²) in [4.78, 5) is 14.8. The molecule has 0 radical (unpaired) electrons. The van der Waals surface area contributed by atoms with Crippen molar-refractivity contribution in [1.29, 1.82) is 0 Å². The van der Waals surface area contributed by atoms with Crippen LogP contribution >= 0.6 is 11.8 Å². The summed E-state index contributed by atoms with van der Waals surface area (Å²) in [7, 11) is 0. The minimum Gasteiger partial charge on any atom is -0.340 e. The van der Waals surface area contributed by atoms with Gasteiger partial charge in [0.05, 0.1) is 6.04 Å². The zero-order valence-corrected chi connectivity index (χ0v) is 13.9. The highest BCUT2D eigenvalue weighted by molar-refractivity contribution is 8.00. The average Bonchev–Trinajstić information content (AvgIpc) is 2.49. The van der Waals surface area contributed by atoms with Crippen molar-refractivity contribution in [1.82, 2.24) is 10.2 Å². The summed E-state index contributed by atoms with van der Waals surface area (Å²) >= 11 is 1.99. The van der Waals surface area contributed by atoms with Crippen molar-refractivity contribution >= 4 is 17.7 Å². The van der Waals surface area contributed by atoms with Gasteiger partial charge in [-0.3, -0.25) is 4.79 Å². The molecule has 1 amide bonds. The molecule has 1 saturated heterocycles. The highest BCUT2D eigenvalue weighted by Crippen LogP contribution is 2.39. The number of hydrogen-bond donors (Lipinski definition) is 1. The number of carbonyl (C=O) groups is 1. The number of nitrogens with zero attached hydrogens (tertiary/aromatic N) is 1. The fourth-order valence-corrected chi connectivity index (χ4v) is 4.56. The number of nitrogens with one attached hydrogen (secondary N) is 1. The molecule has 0 bridgehead atoms. The molecule has 1 aliphatic carbocycles. The van der Waals surface area contributed by atoms with Crippen LogP contribution in [0.25, 0.3) is 0 Å². The Labute approximate surface area is 128 Å². The van der Waals surface area contributed by atoms with E-state index in [1.807, 2.05) is 11.8 Å². The van der Waals surface area contributed by atoms with E-state index in [9.17, 15) is 4.79 Å². The minimum atomic E-state index is 0.0752. The number of likely N-dealkylation sites (tertiary alicyclic amines) is 1. The summed E-state index contributed by atoms with van der Waals surface area (Å²) < 4.78 is 0.334. The molecule has 2 rings (SSSR count). The van der Waals surface area contributed by atoms with Gasteiger partial charge in [0.15, 0.2) is 0 Å². The smallest absolute Gasteiger partial charge is 0.239 e. The molecule has 1 aliphatic heterocycles. The molecule has 0 aromatic carbocycles. The van der Waals surface area contributed by atoms with E-state index < -0.39 is 0 Å². The Morgan fingerprint density at radius 2 is 2.05 bits per heavy atom. The zero-order valence-electron chi connectivity index (χ0n) is 13.1. The molecule has 1 unspecified atom stereocenters. The number of rotatable bonds is 6. The lowest BCUT2D eigenvalue weighted by Crippen LogP contribution is -2.54. The summed E-state index contributed by atoms with van der Waals surface area (Å²) in [6.45, 7) is 5.05. The topological polar surface area (TPSA) is 32.3 Å². The van der Waals surface area contributed by atoms with E-state index in [2.05, 4.69) is 23.4 Å². The molecule has 0 spiro atoms. The van der Waals surface area contributed by atoms with Crippen molar-refractivity contribution in [2.75, 3.05) is 25.9 Å². The van der Waals surface area contributed by atoms with E-state index in [0.717, 1.165) is 38.9 Å². The molecule has 20 heavy (non-hydrogen) atoms. The Morgan fingerprint density at radius 1 is 1.30 bits per heavy atom. The van der Waals surface area contributed by atoms with Crippen molar-refractivity contribution in [2.24, 2.45) is 0 Å². The predicted octanol–water partition coefficient (Wildman–Crippen LogP) is 3.04. The van der Waals surface area contributed by atoms with Gasteiger partial charge in [0.2, 0.25) is 5.91 Å². The second kappa shape index (κ2) is 7.69. The van der Waals surface area contributed by atoms with Gasteiger partial charge >= 0.3 is 0 Å². The molecule has 1 atom stereocenters. The summed E-state index contributed by atoms with van der Waals surface area (Å²) in [6.07, 6.45) is 12.1. The van der Waals surface area contributed by atoms with Crippen LogP contribution in [0.4, 0.5) is 0 Å². The quantitative estimate of drug-likeness (QED) is 0.818. The van der Waals surface area contributed by atoms with Crippen LogP contribution in [-0.2, 0) is 4.79 Å². The van der Waals surface area contributed by atoms with Crippen LogP contribution in [0.15, 0.2) is 0 Å². The van der Waals surface area contributed by atoms with Crippen LogP contribution in [0.3, 0.4) is 0 Å². The maximum Gasteiger partial charge on any atom is 0.239 e. The van der Waals surface area contributed by atoms with Crippen molar-refractivity contribution in [3.63, 3.8) is 0 Å². The first-order valence-electron chi connectivity index (χ1n) is 8.28. The van der Waals surface area contributed by atoms with Gasteiger partial charge in [0.1, 0.15) is 0 Å². The molecular weight excluding hydrogens is 268 g/mol. The van der Waals surface area contributed by atoms with E-state index in [-0.39, 0.29) is 6.04 Å². The standard InChI is InChI=1S/C16H30N2OS/c1-3-11-17-14-8-7-12-18(15(14)19)13-16(20-2)9-5-4-6-10-16/h14,17H,3-13H2,1-2H3. The summed E-state index contributed by atoms with van der Waals surface area (Å²) in [5.41, 5.74) is 0. The second-order valence-electron chi connectivity index (χ2n) is 6.36. The third-order valence-electron chi connectivity index (χ3n) is 4.85. The molecular formula is C16H30N2OS. The van der Waals surface area contributed by atoms with E-state index in [4.69, 9.17) is 0 Å². The maximum absolute atomic E-state index is 12.6. The Balaban J connectivity index is 1.94. The van der Waals surface area contributed by atoms with Crippen molar-refractivity contribution < 1.29 is 4.79 Å². The summed E-state index contributed by atoms with van der Waals surface area (Å²) in [5, 5.41) is 3.42. The van der Waals surface area contributed by atoms with Crippen LogP contribution in [0.1, 0.15) is 58.3 Å². The van der Waals surface area contributed by atoms with E-state index in [1.165, 1.54) is 32.1 Å². The number of carbonyl (C=O) groups excluding carboxylic acids is 1. The van der Waals surface area contributed by atoms with E-state index in [0.29, 0.717) is 10.7 Å². The fourth-order valence-electron chi connectivity index (χ4n) is 3.58. The molecule has 0 aromatic rings. The summed E-state index contributed by atoms with van der Waals surface area (Å²) in [6, 6.07) is 0.0752. The molecule has 3 nitrogen and oxygen atoms in total. The van der Waals surface area contributed by atoms with Crippen molar-refractivity contribution in [3.05, 3.63) is 0 Å². The Hall–Kier alpha value is -0.220. The molecule has 2 fully saturated rings. The lowest BCUT2D eigenvalue weighted by molar-refractivity contribution is -0.136. The Kier molecular flexibility index (Phi) is 6.21. The van der Waals surface area contributed by atoms with Crippen molar-refractivity contribution in [3.8, 4) is 0 Å². The van der Waals surface area contributed by atoms with Gasteiger partial charge in [0.25, 0.3) is 0 Å². The fraction of sp³-hybridized carbons (Fsp3) is 0.938. The lowest BCUT2D eigenvalue weighted by atomic mass is 9.87. The van der Waals surface area contributed by atoms with E-state index in [1.54, 1.807) is 0 Å². The monoisotopic (exact) mass is 298 g/mol. The largest absolute Gasteiger partial charge is 0.340 e. The average molecular weight is 298 g/mol. The summed E-state index contributed by atoms with van der Waals surface area (Å²) in [5.74, 6) is 0.351. The third kappa shape index (κ3) is 3.91. The molecule has 116 valence electrons. The van der Waals surface area contributed by atoms with Crippen molar-refractivity contribution in [2.45, 2.75) is 69.1 Å². The molecule has 1 saturated carbocycles. The third-order valence-corrected chi connectivity index (χ3v) is 6.25.